The Bertz CT molecular complexity index is 223. The summed E-state index contributed by atoms with van der Waals surface area (Å²) in [5, 5.41) is 2.29. The van der Waals surface area contributed by atoms with Crippen LogP contribution in [0, 0.1) is 7.05 Å². The van der Waals surface area contributed by atoms with E-state index in [2.05, 4.69) is 12.4 Å². The van der Waals surface area contributed by atoms with Crippen molar-refractivity contribution in [3.05, 3.63) is 42.9 Å². The van der Waals surface area contributed by atoms with Crippen LogP contribution in [0.2, 0.25) is 0 Å². The van der Waals surface area contributed by atoms with Crippen molar-refractivity contribution < 1.29 is 34.4 Å². The van der Waals surface area contributed by atoms with Gasteiger partial charge in [-0.3, -0.25) is 11.8 Å². The molecule has 0 saturated heterocycles. The van der Waals surface area contributed by atoms with Crippen LogP contribution >= 0.6 is 0 Å². The Labute approximate surface area is 88.3 Å². The van der Waals surface area contributed by atoms with Gasteiger partial charge < -0.3 is 5.32 Å². The molecule has 0 aliphatic heterocycles. The quantitative estimate of drug-likeness (QED) is 0.378. The van der Waals surface area contributed by atoms with Gasteiger partial charge in [-0.25, -0.2) is 0 Å². The van der Waals surface area contributed by atoms with Crippen LogP contribution in [-0.4, -0.2) is 5.91 Å². The number of nitrogens with one attached hydrogen (secondary N) is 1. The summed E-state index contributed by atoms with van der Waals surface area (Å²) < 4.78 is 0. The number of carbonyl (C=O) groups excluding carboxylic acids is 1. The third-order valence-corrected chi connectivity index (χ3v) is 1.20. The summed E-state index contributed by atoms with van der Waals surface area (Å²) in [6.07, 6.45) is 0. The van der Waals surface area contributed by atoms with Gasteiger partial charge in [0.05, 0.1) is 0 Å². The molecular weight excluding hydrogens is 149 g/mol. The van der Waals surface area contributed by atoms with E-state index in [9.17, 15) is 4.79 Å². The van der Waals surface area contributed by atoms with E-state index in [0.29, 0.717) is 5.56 Å². The minimum Gasteiger partial charge on any atom is -0.504 e. The number of carbonyl (C=O) groups is 1. The van der Waals surface area contributed by atoms with Gasteiger partial charge in [-0.1, -0.05) is 18.2 Å². The van der Waals surface area contributed by atoms with E-state index in [0.717, 1.165) is 0 Å². The first-order chi connectivity index (χ1) is 4.84. The molecular formula is C8H8NNaO. The van der Waals surface area contributed by atoms with Crippen LogP contribution in [0.4, 0.5) is 0 Å². The SMILES string of the molecule is [CH2-]NC(=O)c1ccccc1.[Na+]. The van der Waals surface area contributed by atoms with Crippen molar-refractivity contribution in [1.82, 2.24) is 5.32 Å². The van der Waals surface area contributed by atoms with Crippen LogP contribution in [-0.2, 0) is 0 Å². The van der Waals surface area contributed by atoms with E-state index in [-0.39, 0.29) is 35.5 Å². The molecule has 0 heterocycles. The van der Waals surface area contributed by atoms with Crippen LogP contribution < -0.4 is 34.9 Å². The fourth-order valence-corrected chi connectivity index (χ4v) is 0.692. The monoisotopic (exact) mass is 157 g/mol. The van der Waals surface area contributed by atoms with Gasteiger partial charge in [0, 0.05) is 5.56 Å². The van der Waals surface area contributed by atoms with E-state index in [4.69, 9.17) is 0 Å². The maximum Gasteiger partial charge on any atom is 1.00 e. The third kappa shape index (κ3) is 3.06. The number of rotatable bonds is 1. The van der Waals surface area contributed by atoms with Crippen molar-refractivity contribution in [1.29, 1.82) is 0 Å². The zero-order chi connectivity index (χ0) is 7.40. The van der Waals surface area contributed by atoms with Crippen molar-refractivity contribution in [3.8, 4) is 0 Å². The summed E-state index contributed by atoms with van der Waals surface area (Å²) in [4.78, 5) is 10.8. The Morgan fingerprint density at radius 3 is 2.27 bits per heavy atom. The van der Waals surface area contributed by atoms with Crippen LogP contribution in [0.25, 0.3) is 0 Å². The Kier molecular flexibility index (Phi) is 5.20. The van der Waals surface area contributed by atoms with Gasteiger partial charge in [0.2, 0.25) is 5.91 Å². The predicted octanol–water partition coefficient (Wildman–Crippen LogP) is -1.79. The molecule has 0 aliphatic rings. The maximum atomic E-state index is 10.8. The van der Waals surface area contributed by atoms with Gasteiger partial charge in [-0.15, -0.1) is 0 Å². The van der Waals surface area contributed by atoms with E-state index in [1.165, 1.54) is 0 Å². The molecule has 11 heavy (non-hydrogen) atoms. The molecule has 1 aromatic carbocycles. The van der Waals surface area contributed by atoms with E-state index < -0.39 is 0 Å². The fourth-order valence-electron chi connectivity index (χ4n) is 0.692. The van der Waals surface area contributed by atoms with Crippen LogP contribution in [0.1, 0.15) is 10.4 Å². The van der Waals surface area contributed by atoms with Gasteiger partial charge in [0.15, 0.2) is 0 Å². The third-order valence-electron chi connectivity index (χ3n) is 1.20. The summed E-state index contributed by atoms with van der Waals surface area (Å²) in [7, 11) is 3.26. The molecule has 3 heteroatoms. The van der Waals surface area contributed by atoms with E-state index >= 15 is 0 Å². The first-order valence-corrected chi connectivity index (χ1v) is 2.97. The molecule has 2 nitrogen and oxygen atoms in total. The standard InChI is InChI=1S/C8H8NO.Na/c1-9-8(10)7-5-3-2-4-6-7;/h2-6H,1H2,(H,9,10);/q-1;+1. The average molecular weight is 157 g/mol. The molecule has 0 aliphatic carbocycles. The molecule has 1 rings (SSSR count). The minimum atomic E-state index is -0.152. The van der Waals surface area contributed by atoms with E-state index in [1.54, 1.807) is 12.1 Å². The van der Waals surface area contributed by atoms with Crippen molar-refractivity contribution in [2.75, 3.05) is 0 Å². The van der Waals surface area contributed by atoms with Gasteiger partial charge in [0.1, 0.15) is 0 Å². The average Bonchev–Trinajstić information content (AvgIpc) is 2.05. The van der Waals surface area contributed by atoms with Gasteiger partial charge >= 0.3 is 29.6 Å². The van der Waals surface area contributed by atoms with Crippen molar-refractivity contribution in [2.45, 2.75) is 0 Å². The Balaban J connectivity index is 0.000001000. The molecule has 0 fully saturated rings. The molecule has 0 radical (unpaired) electrons. The predicted molar refractivity (Wildman–Crippen MR) is 39.3 cm³/mol. The van der Waals surface area contributed by atoms with Crippen molar-refractivity contribution in [2.24, 2.45) is 0 Å². The molecule has 52 valence electrons. The Morgan fingerprint density at radius 2 is 1.82 bits per heavy atom. The van der Waals surface area contributed by atoms with Crippen LogP contribution in [0.3, 0.4) is 0 Å². The van der Waals surface area contributed by atoms with Crippen LogP contribution in [0.5, 0.6) is 0 Å². The van der Waals surface area contributed by atoms with E-state index in [1.807, 2.05) is 18.2 Å². The number of benzene rings is 1. The molecule has 0 unspecified atom stereocenters. The number of hydrogen-bond donors (Lipinski definition) is 1. The first kappa shape index (κ1) is 10.7. The summed E-state index contributed by atoms with van der Waals surface area (Å²) in [5.41, 5.74) is 0.637. The first-order valence-electron chi connectivity index (χ1n) is 2.97. The Hall–Kier alpha value is -0.310. The van der Waals surface area contributed by atoms with Gasteiger partial charge in [0.25, 0.3) is 0 Å². The number of amides is 1. The largest absolute Gasteiger partial charge is 1.00 e. The van der Waals surface area contributed by atoms with Gasteiger partial charge in [-0.05, 0) is 12.1 Å². The summed E-state index contributed by atoms with van der Waals surface area (Å²) in [5.74, 6) is -0.152. The molecule has 0 spiro atoms. The van der Waals surface area contributed by atoms with Gasteiger partial charge in [-0.2, -0.15) is 0 Å². The smallest absolute Gasteiger partial charge is 0.504 e. The molecule has 1 amide bonds. The molecule has 0 aromatic heterocycles. The number of hydrogen-bond acceptors (Lipinski definition) is 1. The summed E-state index contributed by atoms with van der Waals surface area (Å²) >= 11 is 0. The maximum absolute atomic E-state index is 10.8. The second-order valence-electron chi connectivity index (χ2n) is 1.87. The second-order valence-corrected chi connectivity index (χ2v) is 1.87. The summed E-state index contributed by atoms with van der Waals surface area (Å²) in [6, 6.07) is 8.95. The fraction of sp³-hybridized carbons (Fsp3) is 0. The zero-order valence-corrected chi connectivity index (χ0v) is 8.50. The molecule has 0 saturated carbocycles. The molecule has 0 bridgehead atoms. The topological polar surface area (TPSA) is 29.1 Å². The van der Waals surface area contributed by atoms with Crippen LogP contribution in [0.15, 0.2) is 30.3 Å². The zero-order valence-electron chi connectivity index (χ0n) is 6.50. The molecule has 1 N–H and O–H groups in total. The minimum absolute atomic E-state index is 0. The molecule has 0 atom stereocenters. The van der Waals surface area contributed by atoms with Crippen molar-refractivity contribution in [3.63, 3.8) is 0 Å². The molecule has 1 aromatic rings. The second kappa shape index (κ2) is 5.35. The summed E-state index contributed by atoms with van der Waals surface area (Å²) in [6.45, 7) is 0. The Morgan fingerprint density at radius 1 is 1.27 bits per heavy atom. The normalized spacial score (nSPS) is 8.09. The van der Waals surface area contributed by atoms with Crippen molar-refractivity contribution >= 4 is 5.91 Å².